The van der Waals surface area contributed by atoms with Gasteiger partial charge in [-0.25, -0.2) is 0 Å². The fourth-order valence-electron chi connectivity index (χ4n) is 1.80. The topological polar surface area (TPSA) is 26.3 Å². The third-order valence-electron chi connectivity index (χ3n) is 2.91. The summed E-state index contributed by atoms with van der Waals surface area (Å²) in [6.45, 7) is 6.33. The van der Waals surface area contributed by atoms with Gasteiger partial charge in [0.2, 0.25) is 0 Å². The second-order valence-corrected chi connectivity index (χ2v) is 5.20. The predicted octanol–water partition coefficient (Wildman–Crippen LogP) is 5.06. The third kappa shape index (κ3) is 7.57. The van der Waals surface area contributed by atoms with Crippen LogP contribution in [0, 0.1) is 0 Å². The zero-order valence-electron chi connectivity index (χ0n) is 12.7. The molecule has 0 spiro atoms. The summed E-state index contributed by atoms with van der Waals surface area (Å²) in [5.74, 6) is 0.436. The lowest BCUT2D eigenvalue weighted by molar-refractivity contribution is -0.134. The lowest BCUT2D eigenvalue weighted by Crippen LogP contribution is -2.06. The monoisotopic (exact) mass is 272 g/mol. The van der Waals surface area contributed by atoms with E-state index in [1.807, 2.05) is 18.2 Å². The van der Waals surface area contributed by atoms with Crippen LogP contribution in [0.4, 0.5) is 0 Å². The first-order valence-electron chi connectivity index (χ1n) is 7.12. The Hall–Kier alpha value is -1.83. The van der Waals surface area contributed by atoms with E-state index in [9.17, 15) is 4.79 Å². The summed E-state index contributed by atoms with van der Waals surface area (Å²) in [6, 6.07) is 9.19. The molecule has 0 saturated heterocycles. The Balaban J connectivity index is 2.25. The molecular formula is C18H24O2. The van der Waals surface area contributed by atoms with Gasteiger partial charge in [0.1, 0.15) is 5.75 Å². The number of hydrogen-bond acceptors (Lipinski definition) is 2. The minimum Gasteiger partial charge on any atom is -0.427 e. The molecule has 0 unspecified atom stereocenters. The van der Waals surface area contributed by atoms with Gasteiger partial charge in [0.25, 0.3) is 0 Å². The third-order valence-corrected chi connectivity index (χ3v) is 2.91. The Morgan fingerprint density at radius 2 is 1.65 bits per heavy atom. The fraction of sp³-hybridized carbons (Fsp3) is 0.389. The lowest BCUT2D eigenvalue weighted by atomic mass is 10.1. The maximum Gasteiger partial charge on any atom is 0.311 e. The number of benzene rings is 1. The van der Waals surface area contributed by atoms with Crippen LogP contribution in [-0.4, -0.2) is 5.97 Å². The van der Waals surface area contributed by atoms with Gasteiger partial charge in [0.05, 0.1) is 0 Å². The van der Waals surface area contributed by atoms with Crippen LogP contribution in [0.5, 0.6) is 5.75 Å². The number of allylic oxidation sites excluding steroid dienone is 4. The number of rotatable bonds is 7. The van der Waals surface area contributed by atoms with Crippen LogP contribution in [0.2, 0.25) is 0 Å². The first-order chi connectivity index (χ1) is 9.58. The molecule has 0 radical (unpaired) electrons. The van der Waals surface area contributed by atoms with E-state index in [4.69, 9.17) is 4.74 Å². The molecule has 0 heterocycles. The van der Waals surface area contributed by atoms with Crippen LogP contribution < -0.4 is 4.74 Å². The van der Waals surface area contributed by atoms with Gasteiger partial charge in [-0.15, -0.1) is 0 Å². The molecule has 0 amide bonds. The van der Waals surface area contributed by atoms with Crippen LogP contribution in [0.1, 0.15) is 46.5 Å². The van der Waals surface area contributed by atoms with Crippen molar-refractivity contribution in [3.05, 3.63) is 53.6 Å². The molecule has 0 atom stereocenters. The van der Waals surface area contributed by atoms with E-state index >= 15 is 0 Å². The minimum absolute atomic E-state index is 0.176. The minimum atomic E-state index is -0.176. The molecule has 2 heteroatoms. The quantitative estimate of drug-likeness (QED) is 0.394. The van der Waals surface area contributed by atoms with E-state index < -0.39 is 0 Å². The van der Waals surface area contributed by atoms with E-state index in [-0.39, 0.29) is 5.97 Å². The van der Waals surface area contributed by atoms with Crippen LogP contribution in [0.25, 0.3) is 0 Å². The van der Waals surface area contributed by atoms with Crippen LogP contribution in [0.15, 0.2) is 53.6 Å². The molecule has 0 aliphatic heterocycles. The zero-order valence-corrected chi connectivity index (χ0v) is 12.7. The Morgan fingerprint density at radius 3 is 2.30 bits per heavy atom. The van der Waals surface area contributed by atoms with E-state index in [0.717, 1.165) is 19.3 Å². The van der Waals surface area contributed by atoms with E-state index in [1.165, 1.54) is 11.1 Å². The number of ether oxygens (including phenoxy) is 1. The Kier molecular flexibility index (Phi) is 7.41. The molecular weight excluding hydrogens is 248 g/mol. The highest BCUT2D eigenvalue weighted by atomic mass is 16.5. The highest BCUT2D eigenvalue weighted by molar-refractivity contribution is 5.72. The van der Waals surface area contributed by atoms with Gasteiger partial charge in [-0.2, -0.15) is 0 Å². The van der Waals surface area contributed by atoms with E-state index in [2.05, 4.69) is 32.9 Å². The molecule has 108 valence electrons. The Bertz CT molecular complexity index is 465. The normalized spacial score (nSPS) is 11.1. The number of carbonyl (C=O) groups is 1. The molecule has 20 heavy (non-hydrogen) atoms. The van der Waals surface area contributed by atoms with Gasteiger partial charge >= 0.3 is 5.97 Å². The standard InChI is InChI=1S/C18H24O2/c1-15(2)9-7-10-16(3)11-8-14-18(19)20-17-12-5-4-6-13-17/h4-6,9,11-13H,7-8,10,14H2,1-3H3. The first kappa shape index (κ1) is 16.2. The maximum atomic E-state index is 11.6. The summed E-state index contributed by atoms with van der Waals surface area (Å²) in [5, 5.41) is 0. The van der Waals surface area contributed by atoms with Crippen molar-refractivity contribution in [2.24, 2.45) is 0 Å². The second kappa shape index (κ2) is 9.13. The zero-order chi connectivity index (χ0) is 14.8. The molecule has 2 nitrogen and oxygen atoms in total. The largest absolute Gasteiger partial charge is 0.427 e. The summed E-state index contributed by atoms with van der Waals surface area (Å²) < 4.78 is 5.23. The molecule has 0 saturated carbocycles. The summed E-state index contributed by atoms with van der Waals surface area (Å²) in [5.41, 5.74) is 2.68. The molecule has 0 bridgehead atoms. The average Bonchev–Trinajstić information content (AvgIpc) is 2.39. The first-order valence-corrected chi connectivity index (χ1v) is 7.12. The number of esters is 1. The highest BCUT2D eigenvalue weighted by Gasteiger charge is 2.02. The number of para-hydroxylation sites is 1. The lowest BCUT2D eigenvalue weighted by Gasteiger charge is -2.03. The smallest absolute Gasteiger partial charge is 0.311 e. The van der Waals surface area contributed by atoms with E-state index in [0.29, 0.717) is 12.2 Å². The van der Waals surface area contributed by atoms with E-state index in [1.54, 1.807) is 12.1 Å². The Labute approximate surface area is 122 Å². The average molecular weight is 272 g/mol. The van der Waals surface area contributed by atoms with Crippen LogP contribution in [0.3, 0.4) is 0 Å². The van der Waals surface area contributed by atoms with Gasteiger partial charge in [0, 0.05) is 6.42 Å². The van der Waals surface area contributed by atoms with Gasteiger partial charge in [0.15, 0.2) is 0 Å². The Morgan fingerprint density at radius 1 is 1.00 bits per heavy atom. The molecule has 0 aliphatic carbocycles. The van der Waals surface area contributed by atoms with Crippen molar-refractivity contribution >= 4 is 5.97 Å². The number of hydrogen-bond donors (Lipinski definition) is 0. The van der Waals surface area contributed by atoms with Crippen molar-refractivity contribution in [2.45, 2.75) is 46.5 Å². The van der Waals surface area contributed by atoms with Gasteiger partial charge in [-0.1, -0.05) is 41.5 Å². The second-order valence-electron chi connectivity index (χ2n) is 5.20. The summed E-state index contributed by atoms with van der Waals surface area (Å²) in [4.78, 5) is 11.6. The molecule has 1 rings (SSSR count). The van der Waals surface area contributed by atoms with Gasteiger partial charge < -0.3 is 4.74 Å². The summed E-state index contributed by atoms with van der Waals surface area (Å²) in [6.07, 6.45) is 7.66. The van der Waals surface area contributed by atoms with Crippen molar-refractivity contribution in [3.8, 4) is 5.75 Å². The van der Waals surface area contributed by atoms with Gasteiger partial charge in [-0.05, 0) is 52.2 Å². The molecule has 1 aromatic rings. The van der Waals surface area contributed by atoms with Gasteiger partial charge in [-0.3, -0.25) is 4.79 Å². The molecule has 0 N–H and O–H groups in total. The van der Waals surface area contributed by atoms with Crippen molar-refractivity contribution < 1.29 is 9.53 Å². The molecule has 0 aliphatic rings. The van der Waals surface area contributed by atoms with Crippen molar-refractivity contribution in [1.82, 2.24) is 0 Å². The van der Waals surface area contributed by atoms with Crippen molar-refractivity contribution in [2.75, 3.05) is 0 Å². The summed E-state index contributed by atoms with van der Waals surface area (Å²) >= 11 is 0. The molecule has 0 aromatic heterocycles. The maximum absolute atomic E-state index is 11.6. The van der Waals surface area contributed by atoms with Crippen LogP contribution >= 0.6 is 0 Å². The number of carbonyl (C=O) groups excluding carboxylic acids is 1. The fourth-order valence-corrected chi connectivity index (χ4v) is 1.80. The molecule has 1 aromatic carbocycles. The van der Waals surface area contributed by atoms with Crippen molar-refractivity contribution in [3.63, 3.8) is 0 Å². The van der Waals surface area contributed by atoms with Crippen molar-refractivity contribution in [1.29, 1.82) is 0 Å². The molecule has 0 fully saturated rings. The SMILES string of the molecule is CC(C)=CCCC(C)=CCCC(=O)Oc1ccccc1. The van der Waals surface area contributed by atoms with Crippen LogP contribution in [-0.2, 0) is 4.79 Å². The highest BCUT2D eigenvalue weighted by Crippen LogP contribution is 2.11. The predicted molar refractivity (Wildman–Crippen MR) is 83.7 cm³/mol. The summed E-state index contributed by atoms with van der Waals surface area (Å²) in [7, 11) is 0.